The van der Waals surface area contributed by atoms with Crippen LogP contribution < -0.4 is 5.32 Å². The zero-order valence-electron chi connectivity index (χ0n) is 10.2. The highest BCUT2D eigenvalue weighted by atomic mass is 35.5. The number of aryl methyl sites for hydroxylation is 2. The molecule has 0 amide bonds. The molecule has 16 heavy (non-hydrogen) atoms. The molecule has 92 valence electrons. The molecular formula is C11H20ClN3O. The lowest BCUT2D eigenvalue weighted by Gasteiger charge is -2.05. The minimum atomic E-state index is 0.522. The highest BCUT2D eigenvalue weighted by Gasteiger charge is 2.12. The number of hydrogen-bond donors (Lipinski definition) is 1. The Bertz CT molecular complexity index is 325. The predicted octanol–water partition coefficient (Wildman–Crippen LogP) is 1.76. The summed E-state index contributed by atoms with van der Waals surface area (Å²) in [6, 6.07) is 0. The molecule has 1 N–H and O–H groups in total. The molecule has 1 heterocycles. The number of likely N-dealkylation sites (N-methyl/N-ethyl adjacent to an activating group) is 1. The Morgan fingerprint density at radius 2 is 2.19 bits per heavy atom. The third-order valence-electron chi connectivity index (χ3n) is 2.41. The Kier molecular flexibility index (Phi) is 5.80. The first-order valence-electron chi connectivity index (χ1n) is 5.69. The first kappa shape index (κ1) is 13.5. The maximum Gasteiger partial charge on any atom is 0.0900 e. The van der Waals surface area contributed by atoms with E-state index in [-0.39, 0.29) is 0 Å². The standard InChI is InChI=1S/C11H20ClN3O/c1-4-9-11(12)10(15(3)14-9)8-16-7-6-13-5-2/h13H,4-8H2,1-3H3. The van der Waals surface area contributed by atoms with Crippen LogP contribution in [0.15, 0.2) is 0 Å². The number of ether oxygens (including phenoxy) is 1. The van der Waals surface area contributed by atoms with Crippen molar-refractivity contribution in [3.05, 3.63) is 16.4 Å². The first-order chi connectivity index (χ1) is 7.70. The van der Waals surface area contributed by atoms with E-state index in [9.17, 15) is 0 Å². The van der Waals surface area contributed by atoms with Gasteiger partial charge in [-0.25, -0.2) is 0 Å². The van der Waals surface area contributed by atoms with E-state index < -0.39 is 0 Å². The normalized spacial score (nSPS) is 11.0. The molecule has 4 nitrogen and oxygen atoms in total. The fourth-order valence-electron chi connectivity index (χ4n) is 1.47. The van der Waals surface area contributed by atoms with Gasteiger partial charge in [-0.15, -0.1) is 0 Å². The summed E-state index contributed by atoms with van der Waals surface area (Å²) >= 11 is 6.19. The quantitative estimate of drug-likeness (QED) is 0.744. The summed E-state index contributed by atoms with van der Waals surface area (Å²) < 4.78 is 7.33. The molecule has 0 aliphatic rings. The van der Waals surface area contributed by atoms with E-state index in [1.165, 1.54) is 0 Å². The van der Waals surface area contributed by atoms with Gasteiger partial charge < -0.3 is 10.1 Å². The van der Waals surface area contributed by atoms with Gasteiger partial charge in [-0.2, -0.15) is 5.10 Å². The smallest absolute Gasteiger partial charge is 0.0900 e. The van der Waals surface area contributed by atoms with Crippen molar-refractivity contribution >= 4 is 11.6 Å². The van der Waals surface area contributed by atoms with E-state index in [1.54, 1.807) is 4.68 Å². The number of hydrogen-bond acceptors (Lipinski definition) is 3. The molecule has 0 saturated heterocycles. The molecule has 1 aromatic rings. The van der Waals surface area contributed by atoms with Gasteiger partial charge in [0, 0.05) is 13.6 Å². The van der Waals surface area contributed by atoms with Crippen LogP contribution in [0.5, 0.6) is 0 Å². The van der Waals surface area contributed by atoms with Crippen LogP contribution >= 0.6 is 11.6 Å². The number of rotatable bonds is 7. The first-order valence-corrected chi connectivity index (χ1v) is 6.07. The molecule has 5 heteroatoms. The third-order valence-corrected chi connectivity index (χ3v) is 2.85. The number of nitrogens with one attached hydrogen (secondary N) is 1. The van der Waals surface area contributed by atoms with Crippen molar-refractivity contribution in [1.82, 2.24) is 15.1 Å². The van der Waals surface area contributed by atoms with Gasteiger partial charge in [0.25, 0.3) is 0 Å². The fourth-order valence-corrected chi connectivity index (χ4v) is 1.81. The van der Waals surface area contributed by atoms with Gasteiger partial charge in [-0.05, 0) is 13.0 Å². The van der Waals surface area contributed by atoms with Gasteiger partial charge in [-0.3, -0.25) is 4.68 Å². The van der Waals surface area contributed by atoms with E-state index in [2.05, 4.69) is 17.3 Å². The van der Waals surface area contributed by atoms with Gasteiger partial charge in [0.2, 0.25) is 0 Å². The van der Waals surface area contributed by atoms with Gasteiger partial charge in [0.1, 0.15) is 0 Å². The maximum atomic E-state index is 6.19. The van der Waals surface area contributed by atoms with Crippen LogP contribution in [0.25, 0.3) is 0 Å². The highest BCUT2D eigenvalue weighted by Crippen LogP contribution is 2.21. The molecule has 0 saturated carbocycles. The lowest BCUT2D eigenvalue weighted by molar-refractivity contribution is 0.118. The molecule has 0 unspecified atom stereocenters. The fraction of sp³-hybridized carbons (Fsp3) is 0.727. The zero-order chi connectivity index (χ0) is 12.0. The van der Waals surface area contributed by atoms with Crippen molar-refractivity contribution in [3.8, 4) is 0 Å². The molecular weight excluding hydrogens is 226 g/mol. The summed E-state index contributed by atoms with van der Waals surface area (Å²) in [5.74, 6) is 0. The van der Waals surface area contributed by atoms with Crippen LogP contribution in [-0.4, -0.2) is 29.5 Å². The van der Waals surface area contributed by atoms with Crippen molar-refractivity contribution in [2.45, 2.75) is 26.9 Å². The highest BCUT2D eigenvalue weighted by molar-refractivity contribution is 6.31. The minimum Gasteiger partial charge on any atom is -0.374 e. The largest absolute Gasteiger partial charge is 0.374 e. The molecule has 0 radical (unpaired) electrons. The molecule has 0 spiro atoms. The van der Waals surface area contributed by atoms with E-state index in [4.69, 9.17) is 16.3 Å². The van der Waals surface area contributed by atoms with Crippen LogP contribution in [0.3, 0.4) is 0 Å². The summed E-state index contributed by atoms with van der Waals surface area (Å²) in [4.78, 5) is 0. The number of nitrogens with zero attached hydrogens (tertiary/aromatic N) is 2. The van der Waals surface area contributed by atoms with Crippen molar-refractivity contribution in [2.75, 3.05) is 19.7 Å². The Hall–Kier alpha value is -0.580. The molecule has 1 aromatic heterocycles. The molecule has 0 aliphatic heterocycles. The van der Waals surface area contributed by atoms with E-state index >= 15 is 0 Å². The second-order valence-corrected chi connectivity index (χ2v) is 3.97. The van der Waals surface area contributed by atoms with Crippen molar-refractivity contribution in [1.29, 1.82) is 0 Å². The average molecular weight is 246 g/mol. The predicted molar refractivity (Wildman–Crippen MR) is 65.8 cm³/mol. The summed E-state index contributed by atoms with van der Waals surface area (Å²) in [5, 5.41) is 8.28. The van der Waals surface area contributed by atoms with Crippen LogP contribution in [0.4, 0.5) is 0 Å². The van der Waals surface area contributed by atoms with Gasteiger partial charge in [-0.1, -0.05) is 25.4 Å². The lowest BCUT2D eigenvalue weighted by atomic mass is 10.3. The van der Waals surface area contributed by atoms with Crippen LogP contribution in [0, 0.1) is 0 Å². The van der Waals surface area contributed by atoms with E-state index in [0.29, 0.717) is 13.2 Å². The minimum absolute atomic E-state index is 0.522. The van der Waals surface area contributed by atoms with Crippen LogP contribution in [0.2, 0.25) is 5.02 Å². The molecule has 0 aliphatic carbocycles. The Morgan fingerprint density at radius 1 is 1.44 bits per heavy atom. The Labute approximate surface area is 102 Å². The SMILES string of the molecule is CCNCCOCc1c(Cl)c(CC)nn1C. The van der Waals surface area contributed by atoms with Gasteiger partial charge >= 0.3 is 0 Å². The van der Waals surface area contributed by atoms with E-state index in [1.807, 2.05) is 14.0 Å². The average Bonchev–Trinajstić information content (AvgIpc) is 2.55. The topological polar surface area (TPSA) is 39.1 Å². The molecule has 0 aromatic carbocycles. The molecule has 0 bridgehead atoms. The molecule has 0 fully saturated rings. The zero-order valence-corrected chi connectivity index (χ0v) is 11.0. The summed E-state index contributed by atoms with van der Waals surface area (Å²) in [7, 11) is 1.90. The van der Waals surface area contributed by atoms with Crippen molar-refractivity contribution < 1.29 is 4.74 Å². The van der Waals surface area contributed by atoms with Gasteiger partial charge in [0.15, 0.2) is 0 Å². The summed E-state index contributed by atoms with van der Waals surface area (Å²) in [6.07, 6.45) is 0.851. The van der Waals surface area contributed by atoms with Gasteiger partial charge in [0.05, 0.1) is 29.6 Å². The second kappa shape index (κ2) is 6.89. The summed E-state index contributed by atoms with van der Waals surface area (Å²) in [5.41, 5.74) is 1.89. The second-order valence-electron chi connectivity index (χ2n) is 3.59. The monoisotopic (exact) mass is 245 g/mol. The van der Waals surface area contributed by atoms with Crippen molar-refractivity contribution in [2.24, 2.45) is 7.05 Å². The van der Waals surface area contributed by atoms with Crippen LogP contribution in [-0.2, 0) is 24.8 Å². The summed E-state index contributed by atoms with van der Waals surface area (Å²) in [6.45, 7) is 7.17. The Morgan fingerprint density at radius 3 is 2.75 bits per heavy atom. The van der Waals surface area contributed by atoms with E-state index in [0.717, 1.165) is 35.9 Å². The molecule has 1 rings (SSSR count). The van der Waals surface area contributed by atoms with Crippen molar-refractivity contribution in [3.63, 3.8) is 0 Å². The van der Waals surface area contributed by atoms with Crippen LogP contribution in [0.1, 0.15) is 25.2 Å². The maximum absolute atomic E-state index is 6.19. The number of halogens is 1. The third kappa shape index (κ3) is 3.47. The lowest BCUT2D eigenvalue weighted by Crippen LogP contribution is -2.19. The Balaban J connectivity index is 2.44. The molecule has 0 atom stereocenters. The number of aromatic nitrogens is 2.